The third kappa shape index (κ3) is 4.78. The molecule has 2 heterocycles. The number of ether oxygens (including phenoxy) is 1. The van der Waals surface area contributed by atoms with Gasteiger partial charge in [0.25, 0.3) is 5.69 Å². The highest BCUT2D eigenvalue weighted by Gasteiger charge is 2.25. The minimum atomic E-state index is -0.420. The van der Waals surface area contributed by atoms with Crippen LogP contribution >= 0.6 is 11.8 Å². The number of benzene rings is 2. The first-order chi connectivity index (χ1) is 15.0. The molecule has 1 fully saturated rings. The summed E-state index contributed by atoms with van der Waals surface area (Å²) in [7, 11) is 0. The van der Waals surface area contributed by atoms with Crippen molar-refractivity contribution in [2.75, 3.05) is 26.3 Å². The molecule has 0 aliphatic carbocycles. The van der Waals surface area contributed by atoms with Gasteiger partial charge in [-0.1, -0.05) is 42.1 Å². The summed E-state index contributed by atoms with van der Waals surface area (Å²) in [5.74, 6) is 0.0489. The molecule has 0 spiro atoms. The van der Waals surface area contributed by atoms with Crippen LogP contribution in [0.4, 0.5) is 5.69 Å². The number of nitro benzene ring substituents is 1. The van der Waals surface area contributed by atoms with Gasteiger partial charge in [0, 0.05) is 42.7 Å². The average Bonchev–Trinajstić information content (AvgIpc) is 3.23. The van der Waals surface area contributed by atoms with Gasteiger partial charge in [-0.05, 0) is 19.1 Å². The quantitative estimate of drug-likeness (QED) is 0.330. The molecule has 1 atom stereocenters. The fraction of sp³-hybridized carbons (Fsp3) is 0.273. The monoisotopic (exact) mass is 438 g/mol. The zero-order valence-electron chi connectivity index (χ0n) is 17.0. The molecule has 3 aromatic rings. The van der Waals surface area contributed by atoms with Crippen LogP contribution in [0.3, 0.4) is 0 Å². The van der Waals surface area contributed by atoms with Crippen LogP contribution in [0.25, 0.3) is 16.9 Å². The first-order valence-corrected chi connectivity index (χ1v) is 10.8. The van der Waals surface area contributed by atoms with Gasteiger partial charge in [-0.15, -0.1) is 0 Å². The van der Waals surface area contributed by atoms with E-state index in [1.807, 2.05) is 52.9 Å². The zero-order valence-corrected chi connectivity index (χ0v) is 17.8. The number of amides is 1. The molecule has 0 N–H and O–H groups in total. The van der Waals surface area contributed by atoms with Crippen molar-refractivity contribution in [2.24, 2.45) is 0 Å². The van der Waals surface area contributed by atoms with Crippen LogP contribution in [0.2, 0.25) is 0 Å². The van der Waals surface area contributed by atoms with E-state index in [1.54, 1.807) is 12.1 Å². The molecule has 8 nitrogen and oxygen atoms in total. The number of imidazole rings is 1. The highest BCUT2D eigenvalue weighted by molar-refractivity contribution is 8.00. The van der Waals surface area contributed by atoms with Gasteiger partial charge in [0.15, 0.2) is 5.16 Å². The molecule has 1 aromatic heterocycles. The van der Waals surface area contributed by atoms with E-state index in [4.69, 9.17) is 9.72 Å². The van der Waals surface area contributed by atoms with Crippen molar-refractivity contribution in [3.63, 3.8) is 0 Å². The lowest BCUT2D eigenvalue weighted by molar-refractivity contribution is -0.384. The first-order valence-electron chi connectivity index (χ1n) is 9.96. The van der Waals surface area contributed by atoms with Gasteiger partial charge in [0.2, 0.25) is 5.91 Å². The number of morpholine rings is 1. The maximum absolute atomic E-state index is 12.9. The molecule has 0 unspecified atom stereocenters. The number of para-hydroxylation sites is 1. The molecule has 0 radical (unpaired) electrons. The van der Waals surface area contributed by atoms with Gasteiger partial charge in [0.1, 0.15) is 0 Å². The standard InChI is InChI=1S/C22H22N4O4S/c1-16(21(27)24-10-12-30-13-11-24)31-22-23-20(15-25(22)18-7-3-2-4-8-18)17-6-5-9-19(14-17)26(28)29/h2-9,14-16H,10-13H2,1H3/t16-/m0/s1. The molecule has 2 aromatic carbocycles. The molecular formula is C22H22N4O4S. The summed E-state index contributed by atoms with van der Waals surface area (Å²) in [5, 5.41) is 11.5. The summed E-state index contributed by atoms with van der Waals surface area (Å²) in [6, 6.07) is 16.1. The topological polar surface area (TPSA) is 90.5 Å². The Morgan fingerprint density at radius 3 is 2.61 bits per heavy atom. The van der Waals surface area contributed by atoms with E-state index in [1.165, 1.54) is 23.9 Å². The van der Waals surface area contributed by atoms with Crippen molar-refractivity contribution in [1.82, 2.24) is 14.5 Å². The second-order valence-electron chi connectivity index (χ2n) is 7.12. The summed E-state index contributed by atoms with van der Waals surface area (Å²) in [6.07, 6.45) is 1.85. The summed E-state index contributed by atoms with van der Waals surface area (Å²) < 4.78 is 7.26. The maximum Gasteiger partial charge on any atom is 0.270 e. The fourth-order valence-corrected chi connectivity index (χ4v) is 4.38. The smallest absolute Gasteiger partial charge is 0.270 e. The largest absolute Gasteiger partial charge is 0.378 e. The molecule has 160 valence electrons. The highest BCUT2D eigenvalue weighted by Crippen LogP contribution is 2.31. The van der Waals surface area contributed by atoms with E-state index in [9.17, 15) is 14.9 Å². The molecule has 1 amide bonds. The number of non-ortho nitro benzene ring substituents is 1. The summed E-state index contributed by atoms with van der Waals surface area (Å²) >= 11 is 1.38. The summed E-state index contributed by atoms with van der Waals surface area (Å²) in [5.41, 5.74) is 2.18. The van der Waals surface area contributed by atoms with Crippen molar-refractivity contribution in [3.05, 3.63) is 70.9 Å². The minimum Gasteiger partial charge on any atom is -0.378 e. The Kier molecular flexibility index (Phi) is 6.34. The average molecular weight is 439 g/mol. The van der Waals surface area contributed by atoms with Crippen molar-refractivity contribution in [2.45, 2.75) is 17.3 Å². The van der Waals surface area contributed by atoms with Crippen LogP contribution in [0.15, 0.2) is 66.0 Å². The molecule has 31 heavy (non-hydrogen) atoms. The van der Waals surface area contributed by atoms with Crippen LogP contribution in [-0.2, 0) is 9.53 Å². The highest BCUT2D eigenvalue weighted by atomic mass is 32.2. The Morgan fingerprint density at radius 1 is 1.16 bits per heavy atom. The van der Waals surface area contributed by atoms with E-state index in [0.717, 1.165) is 5.69 Å². The Balaban J connectivity index is 1.66. The first kappa shape index (κ1) is 21.1. The van der Waals surface area contributed by atoms with Crippen LogP contribution in [0.1, 0.15) is 6.92 Å². The molecule has 9 heteroatoms. The van der Waals surface area contributed by atoms with Crippen LogP contribution < -0.4 is 0 Å². The van der Waals surface area contributed by atoms with Gasteiger partial charge in [-0.2, -0.15) is 0 Å². The van der Waals surface area contributed by atoms with E-state index in [-0.39, 0.29) is 16.8 Å². The summed E-state index contributed by atoms with van der Waals surface area (Å²) in [6.45, 7) is 4.17. The number of carbonyl (C=O) groups is 1. The Hall–Kier alpha value is -3.17. The lowest BCUT2D eigenvalue weighted by Crippen LogP contribution is -2.44. The third-order valence-electron chi connectivity index (χ3n) is 5.01. The predicted molar refractivity (Wildman–Crippen MR) is 118 cm³/mol. The van der Waals surface area contributed by atoms with Crippen molar-refractivity contribution >= 4 is 23.4 Å². The van der Waals surface area contributed by atoms with E-state index >= 15 is 0 Å². The molecule has 1 aliphatic heterocycles. The molecule has 4 rings (SSSR count). The van der Waals surface area contributed by atoms with Gasteiger partial charge in [-0.3, -0.25) is 19.5 Å². The third-order valence-corrected chi connectivity index (χ3v) is 6.07. The summed E-state index contributed by atoms with van der Waals surface area (Å²) in [4.78, 5) is 30.2. The number of hydrogen-bond donors (Lipinski definition) is 0. The normalized spacial score (nSPS) is 14.9. The zero-order chi connectivity index (χ0) is 21.8. The fourth-order valence-electron chi connectivity index (χ4n) is 3.39. The van der Waals surface area contributed by atoms with Crippen molar-refractivity contribution < 1.29 is 14.5 Å². The second-order valence-corrected chi connectivity index (χ2v) is 8.43. The van der Waals surface area contributed by atoms with E-state index < -0.39 is 4.92 Å². The molecule has 1 saturated heterocycles. The molecule has 0 bridgehead atoms. The predicted octanol–water partition coefficient (Wildman–Crippen LogP) is 3.79. The number of nitro groups is 1. The number of carbonyl (C=O) groups excluding carboxylic acids is 1. The minimum absolute atomic E-state index is 0.0110. The van der Waals surface area contributed by atoms with Crippen molar-refractivity contribution in [3.8, 4) is 16.9 Å². The molecular weight excluding hydrogens is 416 g/mol. The van der Waals surface area contributed by atoms with Gasteiger partial charge < -0.3 is 9.64 Å². The lowest BCUT2D eigenvalue weighted by atomic mass is 10.1. The Morgan fingerprint density at radius 2 is 1.90 bits per heavy atom. The van der Waals surface area contributed by atoms with E-state index in [0.29, 0.717) is 42.7 Å². The number of nitrogens with zero attached hydrogens (tertiary/aromatic N) is 4. The molecule has 0 saturated carbocycles. The lowest BCUT2D eigenvalue weighted by Gasteiger charge is -2.28. The Labute approximate surface area is 184 Å². The van der Waals surface area contributed by atoms with E-state index in [2.05, 4.69) is 0 Å². The second kappa shape index (κ2) is 9.32. The van der Waals surface area contributed by atoms with Gasteiger partial charge in [-0.25, -0.2) is 4.98 Å². The SMILES string of the molecule is C[C@H](Sc1nc(-c2cccc([N+](=O)[O-])c2)cn1-c1ccccc1)C(=O)N1CCOCC1. The van der Waals surface area contributed by atoms with Crippen LogP contribution in [-0.4, -0.2) is 56.8 Å². The Bertz CT molecular complexity index is 1080. The van der Waals surface area contributed by atoms with Gasteiger partial charge >= 0.3 is 0 Å². The number of hydrogen-bond acceptors (Lipinski definition) is 6. The van der Waals surface area contributed by atoms with Crippen LogP contribution in [0.5, 0.6) is 0 Å². The van der Waals surface area contributed by atoms with Crippen LogP contribution in [0, 0.1) is 10.1 Å². The number of rotatable bonds is 6. The number of thioether (sulfide) groups is 1. The number of aromatic nitrogens is 2. The van der Waals surface area contributed by atoms with Crippen molar-refractivity contribution in [1.29, 1.82) is 0 Å². The maximum atomic E-state index is 12.9. The molecule has 1 aliphatic rings. The van der Waals surface area contributed by atoms with Gasteiger partial charge in [0.05, 0.1) is 29.1 Å².